The Morgan fingerprint density at radius 1 is 1.10 bits per heavy atom. The number of aromatic nitrogens is 3. The molecule has 1 N–H and O–H groups in total. The first-order valence-corrected chi connectivity index (χ1v) is 16.2. The predicted octanol–water partition coefficient (Wildman–Crippen LogP) is 5.74. The maximum Gasteiger partial charge on any atom is 0.177 e. The first kappa shape index (κ1) is 27.4. The van der Waals surface area contributed by atoms with Crippen molar-refractivity contribution >= 4 is 38.2 Å². The molecular formula is C30H38N4O5S. The van der Waals surface area contributed by atoms with Gasteiger partial charge in [0, 0.05) is 25.2 Å². The number of sulfone groups is 1. The number of hydrogen-bond donors (Lipinski definition) is 1. The Morgan fingerprint density at radius 3 is 2.55 bits per heavy atom. The Hall–Kier alpha value is -2.82. The molecule has 40 heavy (non-hydrogen) atoms. The van der Waals surface area contributed by atoms with Crippen LogP contribution in [-0.4, -0.2) is 47.2 Å². The molecule has 9 nitrogen and oxygen atoms in total. The standard InChI is InChI=1S/C30H38N4O5S/c1-18-31-28-23(33-22-11-10-20(15-26(22)40(4,36)37)25-12-13-30(2,3)39-25)16-21(17-24(35)19-8-9-19)32-29(28)34(18)27-7-5-6-14-38-27/h10-11,15-16,19,25,27H,5-9,12-14,17H2,1-4H3,(H,32,33). The van der Waals surface area contributed by atoms with Gasteiger partial charge in [-0.25, -0.2) is 18.4 Å². The molecule has 2 aromatic heterocycles. The average Bonchev–Trinajstić information content (AvgIpc) is 3.61. The van der Waals surface area contributed by atoms with Crippen molar-refractivity contribution in [2.24, 2.45) is 5.92 Å². The van der Waals surface area contributed by atoms with Crippen molar-refractivity contribution in [2.75, 3.05) is 18.2 Å². The summed E-state index contributed by atoms with van der Waals surface area (Å²) in [5, 5.41) is 3.37. The number of fused-ring (bicyclic) bond motifs is 1. The van der Waals surface area contributed by atoms with Crippen LogP contribution in [-0.2, 0) is 30.5 Å². The molecule has 10 heteroatoms. The third-order valence-corrected chi connectivity index (χ3v) is 9.36. The third kappa shape index (κ3) is 5.53. The minimum absolute atomic E-state index is 0.120. The summed E-state index contributed by atoms with van der Waals surface area (Å²) in [5.74, 6) is 1.08. The maximum absolute atomic E-state index is 13.0. The van der Waals surface area contributed by atoms with Crippen LogP contribution in [0, 0.1) is 12.8 Å². The van der Waals surface area contributed by atoms with Crippen molar-refractivity contribution in [3.8, 4) is 0 Å². The molecule has 2 saturated heterocycles. The number of benzene rings is 1. The van der Waals surface area contributed by atoms with E-state index in [1.54, 1.807) is 12.1 Å². The molecule has 0 spiro atoms. The number of ether oxygens (including phenoxy) is 2. The zero-order valence-corrected chi connectivity index (χ0v) is 24.5. The van der Waals surface area contributed by atoms with Crippen LogP contribution < -0.4 is 5.32 Å². The second-order valence-corrected chi connectivity index (χ2v) is 14.1. The molecule has 3 aromatic rings. The van der Waals surface area contributed by atoms with Gasteiger partial charge in [-0.2, -0.15) is 0 Å². The summed E-state index contributed by atoms with van der Waals surface area (Å²) in [4.78, 5) is 22.7. The summed E-state index contributed by atoms with van der Waals surface area (Å²) in [6.07, 6.45) is 7.70. The minimum Gasteiger partial charge on any atom is -0.368 e. The zero-order chi connectivity index (χ0) is 28.2. The van der Waals surface area contributed by atoms with Crippen molar-refractivity contribution in [3.63, 3.8) is 0 Å². The van der Waals surface area contributed by atoms with Crippen molar-refractivity contribution in [1.29, 1.82) is 0 Å². The van der Waals surface area contributed by atoms with E-state index in [1.807, 2.05) is 23.6 Å². The Labute approximate surface area is 235 Å². The van der Waals surface area contributed by atoms with Gasteiger partial charge < -0.3 is 14.8 Å². The van der Waals surface area contributed by atoms with Gasteiger partial charge >= 0.3 is 0 Å². The Kier molecular flexibility index (Phi) is 6.99. The van der Waals surface area contributed by atoms with Crippen molar-refractivity contribution in [3.05, 3.63) is 41.3 Å². The molecule has 2 aliphatic heterocycles. The molecule has 2 unspecified atom stereocenters. The van der Waals surface area contributed by atoms with Crippen molar-refractivity contribution < 1.29 is 22.7 Å². The van der Waals surface area contributed by atoms with E-state index >= 15 is 0 Å². The van der Waals surface area contributed by atoms with Crippen LogP contribution in [0.1, 0.15) is 88.2 Å². The number of hydrogen-bond acceptors (Lipinski definition) is 8. The van der Waals surface area contributed by atoms with Crippen molar-refractivity contribution in [1.82, 2.24) is 14.5 Å². The fourth-order valence-electron chi connectivity index (χ4n) is 5.92. The van der Waals surface area contributed by atoms with E-state index in [9.17, 15) is 13.2 Å². The maximum atomic E-state index is 13.0. The molecule has 6 rings (SSSR count). The number of carbonyl (C=O) groups excluding carboxylic acids is 1. The van der Waals surface area contributed by atoms with Gasteiger partial charge in [-0.3, -0.25) is 9.36 Å². The number of aryl methyl sites for hydroxylation is 1. The highest BCUT2D eigenvalue weighted by Crippen LogP contribution is 2.41. The fourth-order valence-corrected chi connectivity index (χ4v) is 6.79. The molecule has 1 saturated carbocycles. The average molecular weight is 567 g/mol. The second kappa shape index (κ2) is 10.2. The first-order chi connectivity index (χ1) is 19.0. The van der Waals surface area contributed by atoms with Gasteiger partial charge in [-0.15, -0.1) is 0 Å². The van der Waals surface area contributed by atoms with E-state index < -0.39 is 9.84 Å². The van der Waals surface area contributed by atoms with E-state index in [1.165, 1.54) is 6.26 Å². The Bertz CT molecular complexity index is 1570. The lowest BCUT2D eigenvalue weighted by Gasteiger charge is -2.25. The largest absolute Gasteiger partial charge is 0.368 e. The zero-order valence-electron chi connectivity index (χ0n) is 23.7. The lowest BCUT2D eigenvalue weighted by atomic mass is 10.0. The molecule has 1 aromatic carbocycles. The number of Topliss-reactive ketones (excluding diaryl/α,β-unsaturated/α-hetero) is 1. The van der Waals surface area contributed by atoms with Gasteiger partial charge in [0.05, 0.1) is 33.7 Å². The van der Waals surface area contributed by atoms with E-state index in [4.69, 9.17) is 19.4 Å². The number of carbonyl (C=O) groups is 1. The molecule has 0 amide bonds. The summed E-state index contributed by atoms with van der Waals surface area (Å²) >= 11 is 0. The molecule has 2 atom stereocenters. The molecule has 0 bridgehead atoms. The summed E-state index contributed by atoms with van der Waals surface area (Å²) < 4.78 is 40.3. The second-order valence-electron chi connectivity index (χ2n) is 12.2. The number of anilines is 2. The molecule has 1 aliphatic carbocycles. The molecular weight excluding hydrogens is 528 g/mol. The van der Waals surface area contributed by atoms with E-state index in [-0.39, 0.29) is 41.0 Å². The van der Waals surface area contributed by atoms with Gasteiger partial charge in [-0.1, -0.05) is 6.07 Å². The van der Waals surface area contributed by atoms with Gasteiger partial charge in [0.1, 0.15) is 23.4 Å². The number of nitrogens with zero attached hydrogens (tertiary/aromatic N) is 3. The predicted molar refractivity (Wildman–Crippen MR) is 153 cm³/mol. The fraction of sp³-hybridized carbons (Fsp3) is 0.567. The lowest BCUT2D eigenvalue weighted by molar-refractivity contribution is -0.119. The summed E-state index contributed by atoms with van der Waals surface area (Å²) in [5.41, 5.74) is 3.60. The molecule has 0 radical (unpaired) electrons. The van der Waals surface area contributed by atoms with Gasteiger partial charge in [0.2, 0.25) is 0 Å². The number of pyridine rings is 1. The van der Waals surface area contributed by atoms with Crippen LogP contribution >= 0.6 is 0 Å². The van der Waals surface area contributed by atoms with Crippen LogP contribution in [0.3, 0.4) is 0 Å². The Balaban J connectivity index is 1.42. The summed E-state index contributed by atoms with van der Waals surface area (Å²) in [7, 11) is -3.57. The highest BCUT2D eigenvalue weighted by molar-refractivity contribution is 7.90. The molecule has 214 valence electrons. The minimum atomic E-state index is -3.57. The van der Waals surface area contributed by atoms with Gasteiger partial charge in [0.25, 0.3) is 0 Å². The monoisotopic (exact) mass is 566 g/mol. The lowest BCUT2D eigenvalue weighted by Crippen LogP contribution is -2.19. The number of ketones is 1. The van der Waals surface area contributed by atoms with Crippen LogP contribution in [0.2, 0.25) is 0 Å². The SMILES string of the molecule is Cc1nc2c(Nc3ccc(C4CCC(C)(C)O4)cc3S(C)(=O)=O)cc(CC(=O)C3CC3)nc2n1C1CCCCO1. The van der Waals surface area contributed by atoms with E-state index in [0.717, 1.165) is 56.3 Å². The Morgan fingerprint density at radius 2 is 1.90 bits per heavy atom. The van der Waals surface area contributed by atoms with Crippen molar-refractivity contribution in [2.45, 2.75) is 95.0 Å². The van der Waals surface area contributed by atoms with Crippen LogP contribution in [0.4, 0.5) is 11.4 Å². The van der Waals surface area contributed by atoms with Crippen LogP contribution in [0.5, 0.6) is 0 Å². The van der Waals surface area contributed by atoms with E-state index in [2.05, 4.69) is 19.2 Å². The third-order valence-electron chi connectivity index (χ3n) is 8.23. The highest BCUT2D eigenvalue weighted by atomic mass is 32.2. The molecule has 4 heterocycles. The highest BCUT2D eigenvalue weighted by Gasteiger charge is 2.34. The first-order valence-electron chi connectivity index (χ1n) is 14.3. The van der Waals surface area contributed by atoms with Gasteiger partial charge in [0.15, 0.2) is 15.5 Å². The normalized spacial score (nSPS) is 23.0. The van der Waals surface area contributed by atoms with Gasteiger partial charge in [-0.05, 0) is 89.5 Å². The summed E-state index contributed by atoms with van der Waals surface area (Å²) in [6, 6.07) is 7.29. The van der Waals surface area contributed by atoms with Crippen LogP contribution in [0.15, 0.2) is 29.2 Å². The number of imidazole rings is 1. The molecule has 3 fully saturated rings. The topological polar surface area (TPSA) is 112 Å². The number of rotatable bonds is 8. The molecule has 3 aliphatic rings. The summed E-state index contributed by atoms with van der Waals surface area (Å²) in [6.45, 7) is 6.72. The van der Waals surface area contributed by atoms with E-state index in [0.29, 0.717) is 34.8 Å². The number of nitrogens with one attached hydrogen (secondary N) is 1. The smallest absolute Gasteiger partial charge is 0.177 e. The van der Waals surface area contributed by atoms with Crippen LogP contribution in [0.25, 0.3) is 11.2 Å². The quantitative estimate of drug-likeness (QED) is 0.367.